The third kappa shape index (κ3) is 2.14. The number of hydrogen-bond donors (Lipinski definition) is 2. The Morgan fingerprint density at radius 2 is 2.29 bits per heavy atom. The highest BCUT2D eigenvalue weighted by molar-refractivity contribution is 5.81. The number of nitrogens with zero attached hydrogens (tertiary/aromatic N) is 1. The van der Waals surface area contributed by atoms with E-state index in [2.05, 4.69) is 0 Å². The van der Waals surface area contributed by atoms with Crippen molar-refractivity contribution in [3.63, 3.8) is 0 Å². The van der Waals surface area contributed by atoms with Gasteiger partial charge in [-0.25, -0.2) is 4.39 Å². The van der Waals surface area contributed by atoms with E-state index in [0.29, 0.717) is 5.56 Å². The molecule has 0 amide bonds. The minimum atomic E-state index is -1.13. The molecule has 90 valence electrons. The van der Waals surface area contributed by atoms with Crippen molar-refractivity contribution in [3.05, 3.63) is 35.8 Å². The lowest BCUT2D eigenvalue weighted by atomic mass is 10.0. The van der Waals surface area contributed by atoms with Crippen LogP contribution in [0, 0.1) is 5.82 Å². The van der Waals surface area contributed by atoms with E-state index < -0.39 is 17.8 Å². The molecule has 0 spiro atoms. The second-order valence-electron chi connectivity index (χ2n) is 4.08. The molecule has 1 heterocycles. The molecule has 0 fully saturated rings. The topological polar surface area (TPSA) is 68.2 Å². The summed E-state index contributed by atoms with van der Waals surface area (Å²) in [7, 11) is 1.85. The first-order valence-corrected chi connectivity index (χ1v) is 5.21. The number of nitrogens with two attached hydrogens (primary N) is 1. The van der Waals surface area contributed by atoms with E-state index in [1.54, 1.807) is 12.1 Å². The molecule has 0 aliphatic rings. The van der Waals surface area contributed by atoms with Gasteiger partial charge >= 0.3 is 5.97 Å². The predicted octanol–water partition coefficient (Wildman–Crippen LogP) is 1.27. The van der Waals surface area contributed by atoms with Gasteiger partial charge in [-0.2, -0.15) is 0 Å². The van der Waals surface area contributed by atoms with E-state index in [9.17, 15) is 9.18 Å². The zero-order valence-electron chi connectivity index (χ0n) is 9.35. The summed E-state index contributed by atoms with van der Waals surface area (Å²) in [5.41, 5.74) is 6.59. The Morgan fingerprint density at radius 3 is 2.94 bits per heavy atom. The summed E-state index contributed by atoms with van der Waals surface area (Å²) in [5, 5.41) is 9.50. The second-order valence-corrected chi connectivity index (χ2v) is 4.08. The molecule has 0 aliphatic carbocycles. The second kappa shape index (κ2) is 4.18. The number of aryl methyl sites for hydroxylation is 1. The highest BCUT2D eigenvalue weighted by Gasteiger charge is 2.15. The van der Waals surface area contributed by atoms with Crippen LogP contribution in [0.15, 0.2) is 24.4 Å². The number of carbonyl (C=O) groups is 1. The average Bonchev–Trinajstić information content (AvgIpc) is 2.60. The van der Waals surface area contributed by atoms with Crippen LogP contribution in [0.3, 0.4) is 0 Å². The van der Waals surface area contributed by atoms with Gasteiger partial charge in [0.25, 0.3) is 0 Å². The molecule has 0 aliphatic heterocycles. The van der Waals surface area contributed by atoms with Crippen LogP contribution in [0.25, 0.3) is 10.9 Å². The van der Waals surface area contributed by atoms with Crippen molar-refractivity contribution in [2.45, 2.75) is 12.5 Å². The van der Waals surface area contributed by atoms with Crippen molar-refractivity contribution in [2.24, 2.45) is 12.8 Å². The van der Waals surface area contributed by atoms with Crippen LogP contribution in [0.4, 0.5) is 4.39 Å². The number of carboxylic acids is 1. The summed E-state index contributed by atoms with van der Waals surface area (Å²) >= 11 is 0. The summed E-state index contributed by atoms with van der Waals surface area (Å²) in [6, 6.07) is 3.77. The summed E-state index contributed by atoms with van der Waals surface area (Å²) in [5.74, 6) is -1.54. The van der Waals surface area contributed by atoms with Gasteiger partial charge in [0.15, 0.2) is 0 Å². The van der Waals surface area contributed by atoms with Crippen molar-refractivity contribution < 1.29 is 14.3 Å². The Balaban J connectivity index is 2.43. The first-order chi connectivity index (χ1) is 7.99. The molecular formula is C12H13FN2O2. The lowest BCUT2D eigenvalue weighted by Gasteiger charge is -2.08. The fourth-order valence-corrected chi connectivity index (χ4v) is 1.81. The highest BCUT2D eigenvalue weighted by Crippen LogP contribution is 2.20. The van der Waals surface area contributed by atoms with Crippen molar-refractivity contribution in [2.75, 3.05) is 0 Å². The summed E-state index contributed by atoms with van der Waals surface area (Å²) in [6.45, 7) is 0. The number of rotatable bonds is 3. The van der Waals surface area contributed by atoms with Gasteiger partial charge in [0.1, 0.15) is 11.9 Å². The molecule has 0 saturated carbocycles. The number of halogens is 1. The average molecular weight is 236 g/mol. The third-order valence-electron chi connectivity index (χ3n) is 2.81. The Kier molecular flexibility index (Phi) is 2.85. The smallest absolute Gasteiger partial charge is 0.320 e. The van der Waals surface area contributed by atoms with Gasteiger partial charge in [0.05, 0.1) is 0 Å². The Bertz CT molecular complexity index is 577. The van der Waals surface area contributed by atoms with Crippen LogP contribution in [0.2, 0.25) is 0 Å². The van der Waals surface area contributed by atoms with Crippen LogP contribution in [-0.4, -0.2) is 21.7 Å². The normalized spacial score (nSPS) is 12.9. The molecule has 2 aromatic rings. The van der Waals surface area contributed by atoms with Gasteiger partial charge in [0.2, 0.25) is 0 Å². The number of hydrogen-bond acceptors (Lipinski definition) is 2. The van der Waals surface area contributed by atoms with Crippen LogP contribution in [0.5, 0.6) is 0 Å². The van der Waals surface area contributed by atoms with Crippen LogP contribution in [0.1, 0.15) is 5.56 Å². The number of aliphatic carboxylic acids is 1. The van der Waals surface area contributed by atoms with Crippen LogP contribution in [-0.2, 0) is 18.3 Å². The third-order valence-corrected chi connectivity index (χ3v) is 2.81. The maximum absolute atomic E-state index is 13.7. The zero-order chi connectivity index (χ0) is 12.6. The van der Waals surface area contributed by atoms with Gasteiger partial charge < -0.3 is 15.4 Å². The minimum absolute atomic E-state index is 0.0116. The Morgan fingerprint density at radius 1 is 1.59 bits per heavy atom. The van der Waals surface area contributed by atoms with Crippen LogP contribution >= 0.6 is 0 Å². The monoisotopic (exact) mass is 236 g/mol. The van der Waals surface area contributed by atoms with Gasteiger partial charge in [-0.3, -0.25) is 4.79 Å². The van der Waals surface area contributed by atoms with Gasteiger partial charge in [-0.15, -0.1) is 0 Å². The maximum Gasteiger partial charge on any atom is 0.320 e. The Hall–Kier alpha value is -1.88. The predicted molar refractivity (Wildman–Crippen MR) is 62.2 cm³/mol. The van der Waals surface area contributed by atoms with Crippen molar-refractivity contribution in [3.8, 4) is 0 Å². The lowest BCUT2D eigenvalue weighted by Crippen LogP contribution is -2.32. The zero-order valence-corrected chi connectivity index (χ0v) is 9.35. The maximum atomic E-state index is 13.7. The van der Waals surface area contributed by atoms with E-state index in [1.807, 2.05) is 17.8 Å². The van der Waals surface area contributed by atoms with Gasteiger partial charge in [0, 0.05) is 30.6 Å². The molecule has 1 atom stereocenters. The number of benzene rings is 1. The first-order valence-electron chi connectivity index (χ1n) is 5.21. The lowest BCUT2D eigenvalue weighted by molar-refractivity contribution is -0.138. The molecule has 5 heteroatoms. The first kappa shape index (κ1) is 11.6. The Labute approximate surface area is 97.5 Å². The van der Waals surface area contributed by atoms with Crippen molar-refractivity contribution >= 4 is 16.9 Å². The molecule has 1 unspecified atom stereocenters. The molecule has 0 bridgehead atoms. The summed E-state index contributed by atoms with van der Waals surface area (Å²) < 4.78 is 15.5. The van der Waals surface area contributed by atoms with Crippen molar-refractivity contribution in [1.29, 1.82) is 0 Å². The summed E-state index contributed by atoms with van der Waals surface area (Å²) in [4.78, 5) is 10.6. The number of aromatic nitrogens is 1. The molecule has 0 saturated heterocycles. The molecule has 2 rings (SSSR count). The fraction of sp³-hybridized carbons (Fsp3) is 0.250. The molecule has 17 heavy (non-hydrogen) atoms. The minimum Gasteiger partial charge on any atom is -0.480 e. The van der Waals surface area contributed by atoms with E-state index in [0.717, 1.165) is 10.9 Å². The SMILES string of the molecule is Cn1ccc2cc(F)c(CC(N)C(=O)O)cc21. The van der Waals surface area contributed by atoms with Crippen molar-refractivity contribution in [1.82, 2.24) is 4.57 Å². The highest BCUT2D eigenvalue weighted by atomic mass is 19.1. The molecule has 3 N–H and O–H groups in total. The molecule has 0 radical (unpaired) electrons. The summed E-state index contributed by atoms with van der Waals surface area (Å²) in [6.07, 6.45) is 1.81. The molecule has 1 aromatic heterocycles. The van der Waals surface area contributed by atoms with E-state index in [1.165, 1.54) is 6.07 Å². The van der Waals surface area contributed by atoms with Gasteiger partial charge in [-0.05, 0) is 23.8 Å². The molecular weight excluding hydrogens is 223 g/mol. The van der Waals surface area contributed by atoms with E-state index >= 15 is 0 Å². The van der Waals surface area contributed by atoms with E-state index in [-0.39, 0.29) is 6.42 Å². The van der Waals surface area contributed by atoms with E-state index in [4.69, 9.17) is 10.8 Å². The number of carboxylic acid groups (broad SMARTS) is 1. The fourth-order valence-electron chi connectivity index (χ4n) is 1.81. The van der Waals surface area contributed by atoms with Crippen LogP contribution < -0.4 is 5.73 Å². The van der Waals surface area contributed by atoms with Gasteiger partial charge in [-0.1, -0.05) is 0 Å². The molecule has 4 nitrogen and oxygen atoms in total. The largest absolute Gasteiger partial charge is 0.480 e. The number of fused-ring (bicyclic) bond motifs is 1. The standard InChI is InChI=1S/C12H13FN2O2/c1-15-3-2-7-4-9(13)8(6-11(7)15)5-10(14)12(16)17/h2-4,6,10H,5,14H2,1H3,(H,16,17). The molecule has 1 aromatic carbocycles. The quantitative estimate of drug-likeness (QED) is 0.843.